The van der Waals surface area contributed by atoms with Crippen LogP contribution >= 0.6 is 0 Å². The van der Waals surface area contributed by atoms with Crippen molar-refractivity contribution >= 4 is 0 Å². The van der Waals surface area contributed by atoms with Crippen molar-refractivity contribution in [1.29, 1.82) is 0 Å². The van der Waals surface area contributed by atoms with Gasteiger partial charge in [-0.1, -0.05) is 0 Å². The number of rotatable bonds is 6. The molecule has 3 saturated heterocycles. The Balaban J connectivity index is 1.62. The van der Waals surface area contributed by atoms with Crippen molar-refractivity contribution in [2.45, 2.75) is 86.0 Å². The van der Waals surface area contributed by atoms with Gasteiger partial charge in [-0.2, -0.15) is 0 Å². The minimum atomic E-state index is -1.78. The molecule has 14 atom stereocenters. The Morgan fingerprint density at radius 1 is 0.594 bits per heavy atom. The summed E-state index contributed by atoms with van der Waals surface area (Å²) in [7, 11) is 0. The summed E-state index contributed by atoms with van der Waals surface area (Å²) in [6, 6.07) is 0. The zero-order valence-corrected chi connectivity index (χ0v) is 16.7. The molecular weight excluding hydrogens is 444 g/mol. The molecule has 0 spiro atoms. The maximum atomic E-state index is 10.4. The van der Waals surface area contributed by atoms with Crippen LogP contribution in [-0.4, -0.2) is 157 Å². The second kappa shape index (κ2) is 10.8. The highest BCUT2D eigenvalue weighted by Gasteiger charge is 2.50. The molecule has 0 aliphatic carbocycles. The molecule has 0 amide bonds. The van der Waals surface area contributed by atoms with Gasteiger partial charge in [0.25, 0.3) is 0 Å². The molecule has 0 aromatic heterocycles. The van der Waals surface area contributed by atoms with Crippen molar-refractivity contribution in [1.82, 2.24) is 0 Å². The third-order valence-electron chi connectivity index (χ3n) is 5.72. The van der Waals surface area contributed by atoms with Gasteiger partial charge in [0, 0.05) is 0 Å². The summed E-state index contributed by atoms with van der Waals surface area (Å²) in [6.45, 7) is -1.83. The van der Waals surface area contributed by atoms with Crippen LogP contribution in [0.1, 0.15) is 0 Å². The van der Waals surface area contributed by atoms with Crippen LogP contribution in [0.3, 0.4) is 0 Å². The monoisotopic (exact) mass is 474 g/mol. The standard InChI is InChI=1S/C17H30O15/c18-1-4-7(20)9(22)13(26)17(30-4)31-6-3-28-16(12(25)8(6)21)32-14-5(2-19)29-15(27)11(24)10(14)23/h4-27H,1-3H2/t4-,5-,6-,7-,8+,9+,10-,11-,12-,13-,14-,15?,16+,17+/m1/s1. The lowest BCUT2D eigenvalue weighted by atomic mass is 9.98. The van der Waals surface area contributed by atoms with Gasteiger partial charge in [0.1, 0.15) is 67.1 Å². The van der Waals surface area contributed by atoms with Crippen LogP contribution in [-0.2, 0) is 23.7 Å². The first-order valence-corrected chi connectivity index (χ1v) is 10.00. The molecule has 3 heterocycles. The van der Waals surface area contributed by atoms with E-state index in [4.69, 9.17) is 23.7 Å². The molecule has 15 heteroatoms. The van der Waals surface area contributed by atoms with E-state index in [-0.39, 0.29) is 0 Å². The van der Waals surface area contributed by atoms with E-state index < -0.39 is 106 Å². The molecule has 3 rings (SSSR count). The van der Waals surface area contributed by atoms with Gasteiger partial charge >= 0.3 is 0 Å². The minimum absolute atomic E-state index is 0.434. The quantitative estimate of drug-likeness (QED) is 0.172. The summed E-state index contributed by atoms with van der Waals surface area (Å²) in [5, 5.41) is 98.5. The van der Waals surface area contributed by atoms with Crippen molar-refractivity contribution in [3.8, 4) is 0 Å². The van der Waals surface area contributed by atoms with Crippen LogP contribution in [0.4, 0.5) is 0 Å². The molecular formula is C17H30O15. The fourth-order valence-electron chi connectivity index (χ4n) is 3.75. The Morgan fingerprint density at radius 2 is 1.22 bits per heavy atom. The molecule has 3 aliphatic rings. The van der Waals surface area contributed by atoms with E-state index in [1.165, 1.54) is 0 Å². The van der Waals surface area contributed by atoms with E-state index in [2.05, 4.69) is 0 Å². The van der Waals surface area contributed by atoms with Crippen LogP contribution in [0.15, 0.2) is 0 Å². The van der Waals surface area contributed by atoms with E-state index in [0.717, 1.165) is 0 Å². The Hall–Kier alpha value is -0.600. The third-order valence-corrected chi connectivity index (χ3v) is 5.72. The Labute approximate surface area is 181 Å². The van der Waals surface area contributed by atoms with Gasteiger partial charge in [-0.3, -0.25) is 0 Å². The zero-order chi connectivity index (χ0) is 23.7. The first-order valence-electron chi connectivity index (χ1n) is 10.00. The topological polar surface area (TPSA) is 248 Å². The smallest absolute Gasteiger partial charge is 0.187 e. The van der Waals surface area contributed by atoms with E-state index >= 15 is 0 Å². The van der Waals surface area contributed by atoms with E-state index in [1.54, 1.807) is 0 Å². The molecule has 3 aliphatic heterocycles. The molecule has 0 radical (unpaired) electrons. The summed E-state index contributed by atoms with van der Waals surface area (Å²) in [5.41, 5.74) is 0. The summed E-state index contributed by atoms with van der Waals surface area (Å²) in [6.07, 6.45) is -22.2. The summed E-state index contributed by atoms with van der Waals surface area (Å²) in [5.74, 6) is 0. The second-order valence-corrected chi connectivity index (χ2v) is 7.88. The number of aliphatic hydroxyl groups is 10. The maximum Gasteiger partial charge on any atom is 0.187 e. The number of hydrogen-bond donors (Lipinski definition) is 10. The minimum Gasteiger partial charge on any atom is -0.394 e. The third kappa shape index (κ3) is 5.07. The van der Waals surface area contributed by atoms with E-state index in [1.807, 2.05) is 0 Å². The highest BCUT2D eigenvalue weighted by Crippen LogP contribution is 2.29. The van der Waals surface area contributed by atoms with Crippen molar-refractivity contribution in [3.05, 3.63) is 0 Å². The van der Waals surface area contributed by atoms with E-state index in [0.29, 0.717) is 0 Å². The number of aliphatic hydroxyl groups excluding tert-OH is 10. The second-order valence-electron chi connectivity index (χ2n) is 7.88. The van der Waals surface area contributed by atoms with Gasteiger partial charge < -0.3 is 74.7 Å². The van der Waals surface area contributed by atoms with Crippen LogP contribution in [0.25, 0.3) is 0 Å². The van der Waals surface area contributed by atoms with Crippen molar-refractivity contribution < 1.29 is 74.7 Å². The van der Waals surface area contributed by atoms with Crippen molar-refractivity contribution in [2.24, 2.45) is 0 Å². The largest absolute Gasteiger partial charge is 0.394 e. The fourth-order valence-corrected chi connectivity index (χ4v) is 3.75. The Morgan fingerprint density at radius 3 is 1.84 bits per heavy atom. The molecule has 3 fully saturated rings. The maximum absolute atomic E-state index is 10.4. The summed E-state index contributed by atoms with van der Waals surface area (Å²) < 4.78 is 26.2. The van der Waals surface area contributed by atoms with Gasteiger partial charge in [-0.25, -0.2) is 0 Å². The average molecular weight is 474 g/mol. The van der Waals surface area contributed by atoms with Crippen molar-refractivity contribution in [3.63, 3.8) is 0 Å². The van der Waals surface area contributed by atoms with Gasteiger partial charge in [-0.15, -0.1) is 0 Å². The van der Waals surface area contributed by atoms with Crippen LogP contribution in [0.5, 0.6) is 0 Å². The molecule has 0 aromatic carbocycles. The molecule has 10 N–H and O–H groups in total. The normalized spacial score (nSPS) is 52.7. The lowest BCUT2D eigenvalue weighted by Gasteiger charge is -2.45. The summed E-state index contributed by atoms with van der Waals surface area (Å²) >= 11 is 0. The molecule has 15 nitrogen and oxygen atoms in total. The lowest BCUT2D eigenvalue weighted by Crippen LogP contribution is -2.64. The Bertz CT molecular complexity index is 592. The molecule has 0 saturated carbocycles. The SMILES string of the molecule is OC[C@H]1O[C@@H](O[C@@H]2CO[C@@H](O[C@H]3[C@H](O)[C@@H](O)C(O)O[C@@H]3CO)[C@H](O)[C@H]2O)[C@H](O)[C@@H](O)[C@@H]1O. The Kier molecular flexibility index (Phi) is 8.75. The average Bonchev–Trinajstić information content (AvgIpc) is 2.78. The number of hydrogen-bond acceptors (Lipinski definition) is 15. The van der Waals surface area contributed by atoms with E-state index in [9.17, 15) is 51.1 Å². The number of ether oxygens (including phenoxy) is 5. The first kappa shape index (κ1) is 26.0. The summed E-state index contributed by atoms with van der Waals surface area (Å²) in [4.78, 5) is 0. The fraction of sp³-hybridized carbons (Fsp3) is 1.00. The lowest BCUT2D eigenvalue weighted by molar-refractivity contribution is -0.362. The highest BCUT2D eigenvalue weighted by molar-refractivity contribution is 4.93. The highest BCUT2D eigenvalue weighted by atomic mass is 16.7. The zero-order valence-electron chi connectivity index (χ0n) is 16.7. The first-order chi connectivity index (χ1) is 15.1. The molecule has 188 valence electrons. The molecule has 32 heavy (non-hydrogen) atoms. The van der Waals surface area contributed by atoms with Crippen LogP contribution in [0.2, 0.25) is 0 Å². The van der Waals surface area contributed by atoms with Gasteiger partial charge in [0.15, 0.2) is 18.9 Å². The van der Waals surface area contributed by atoms with Gasteiger partial charge in [0.05, 0.1) is 19.8 Å². The molecule has 1 unspecified atom stereocenters. The predicted molar refractivity (Wildman–Crippen MR) is 95.2 cm³/mol. The van der Waals surface area contributed by atoms with Gasteiger partial charge in [-0.05, 0) is 0 Å². The van der Waals surface area contributed by atoms with Crippen LogP contribution in [0, 0.1) is 0 Å². The molecule has 0 bridgehead atoms. The van der Waals surface area contributed by atoms with Crippen LogP contribution < -0.4 is 0 Å². The van der Waals surface area contributed by atoms with Crippen molar-refractivity contribution in [2.75, 3.05) is 19.8 Å². The van der Waals surface area contributed by atoms with Gasteiger partial charge in [0.2, 0.25) is 0 Å². The molecule has 0 aromatic rings. The predicted octanol–water partition coefficient (Wildman–Crippen LogP) is -6.93.